The number of halogens is 3. The molecule has 0 saturated carbocycles. The van der Waals surface area contributed by atoms with Gasteiger partial charge in [-0.2, -0.15) is 0 Å². The first-order chi connectivity index (χ1) is 15.9. The van der Waals surface area contributed by atoms with Crippen LogP contribution < -0.4 is 5.32 Å². The van der Waals surface area contributed by atoms with E-state index in [4.69, 9.17) is 11.6 Å². The van der Waals surface area contributed by atoms with E-state index in [2.05, 4.69) is 26.2 Å². The quantitative estimate of drug-likeness (QED) is 0.403. The Balaban J connectivity index is 1.59. The molecule has 168 valence electrons. The van der Waals surface area contributed by atoms with Gasteiger partial charge < -0.3 is 5.32 Å². The zero-order chi connectivity index (χ0) is 23.4. The molecule has 0 bridgehead atoms. The number of amidine groups is 1. The third kappa shape index (κ3) is 6.22. The molecule has 1 aliphatic heterocycles. The van der Waals surface area contributed by atoms with E-state index in [1.54, 1.807) is 29.2 Å². The lowest BCUT2D eigenvalue weighted by Gasteiger charge is -2.32. The SMILES string of the molecule is O=C(Nc1cccc(Br)c1)C1CC(=O)N(Cc2ccc(Cl)cc2)C(=Nc2ccc(F)cc2)S1. The first kappa shape index (κ1) is 23.5. The average Bonchev–Trinajstić information content (AvgIpc) is 2.78. The van der Waals surface area contributed by atoms with Gasteiger partial charge in [0.2, 0.25) is 11.8 Å². The molecular formula is C24H18BrClFN3O2S. The van der Waals surface area contributed by atoms with E-state index in [1.807, 2.05) is 24.3 Å². The molecule has 33 heavy (non-hydrogen) atoms. The Labute approximate surface area is 208 Å². The summed E-state index contributed by atoms with van der Waals surface area (Å²) in [6, 6.07) is 20.1. The summed E-state index contributed by atoms with van der Waals surface area (Å²) in [5.41, 5.74) is 1.99. The van der Waals surface area contributed by atoms with Crippen LogP contribution in [-0.2, 0) is 16.1 Å². The van der Waals surface area contributed by atoms with Crippen LogP contribution in [0.4, 0.5) is 15.8 Å². The molecule has 9 heteroatoms. The molecule has 3 aromatic rings. The second kappa shape index (κ2) is 10.5. The zero-order valence-corrected chi connectivity index (χ0v) is 20.3. The van der Waals surface area contributed by atoms with Gasteiger partial charge in [0, 0.05) is 21.6 Å². The van der Waals surface area contributed by atoms with E-state index >= 15 is 0 Å². The number of amides is 2. The minimum absolute atomic E-state index is 0.0283. The van der Waals surface area contributed by atoms with Crippen molar-refractivity contribution in [2.24, 2.45) is 4.99 Å². The molecule has 0 aromatic heterocycles. The first-order valence-corrected chi connectivity index (χ1v) is 12.0. The number of benzene rings is 3. The highest BCUT2D eigenvalue weighted by Gasteiger charge is 2.36. The lowest BCUT2D eigenvalue weighted by molar-refractivity contribution is -0.129. The monoisotopic (exact) mass is 545 g/mol. The fourth-order valence-corrected chi connectivity index (χ4v) is 4.81. The van der Waals surface area contributed by atoms with Crippen LogP contribution in [0.1, 0.15) is 12.0 Å². The standard InChI is InChI=1S/C24H18BrClFN3O2S/c25-16-2-1-3-20(12-16)28-23(32)21-13-22(31)30(14-15-4-6-17(26)7-5-15)24(33-21)29-19-10-8-18(27)9-11-19/h1-12,21H,13-14H2,(H,28,32). The van der Waals surface area contributed by atoms with Crippen LogP contribution >= 0.6 is 39.3 Å². The van der Waals surface area contributed by atoms with E-state index in [9.17, 15) is 14.0 Å². The van der Waals surface area contributed by atoms with E-state index in [0.29, 0.717) is 21.6 Å². The Morgan fingerprint density at radius 3 is 2.58 bits per heavy atom. The van der Waals surface area contributed by atoms with Crippen LogP contribution in [0.25, 0.3) is 0 Å². The van der Waals surface area contributed by atoms with Crippen molar-refractivity contribution in [3.63, 3.8) is 0 Å². The predicted molar refractivity (Wildman–Crippen MR) is 134 cm³/mol. The predicted octanol–water partition coefficient (Wildman–Crippen LogP) is 6.40. The number of carbonyl (C=O) groups excluding carboxylic acids is 2. The van der Waals surface area contributed by atoms with E-state index in [0.717, 1.165) is 10.0 Å². The number of carbonyl (C=O) groups is 2. The summed E-state index contributed by atoms with van der Waals surface area (Å²) in [6.45, 7) is 0.281. The van der Waals surface area contributed by atoms with Gasteiger partial charge in [0.25, 0.3) is 0 Å². The second-order valence-electron chi connectivity index (χ2n) is 7.29. The fraction of sp³-hybridized carbons (Fsp3) is 0.125. The molecule has 1 heterocycles. The van der Waals surface area contributed by atoms with Gasteiger partial charge in [-0.05, 0) is 60.2 Å². The summed E-state index contributed by atoms with van der Waals surface area (Å²) >= 11 is 10.6. The summed E-state index contributed by atoms with van der Waals surface area (Å²) < 4.78 is 14.2. The van der Waals surface area contributed by atoms with Crippen LogP contribution in [0.5, 0.6) is 0 Å². The van der Waals surface area contributed by atoms with Gasteiger partial charge in [0.15, 0.2) is 5.17 Å². The first-order valence-electron chi connectivity index (χ1n) is 9.99. The molecule has 0 spiro atoms. The molecule has 1 aliphatic rings. The maximum atomic E-state index is 13.3. The number of nitrogens with zero attached hydrogens (tertiary/aromatic N) is 2. The smallest absolute Gasteiger partial charge is 0.238 e. The van der Waals surface area contributed by atoms with Gasteiger partial charge in [-0.15, -0.1) is 0 Å². The van der Waals surface area contributed by atoms with E-state index < -0.39 is 5.25 Å². The maximum absolute atomic E-state index is 13.3. The highest BCUT2D eigenvalue weighted by molar-refractivity contribution is 9.10. The normalized spacial score (nSPS) is 17.3. The van der Waals surface area contributed by atoms with Crippen molar-refractivity contribution >= 4 is 67.6 Å². The van der Waals surface area contributed by atoms with Crippen molar-refractivity contribution in [3.05, 3.63) is 93.7 Å². The van der Waals surface area contributed by atoms with Crippen molar-refractivity contribution < 1.29 is 14.0 Å². The Hall–Kier alpha value is -2.68. The van der Waals surface area contributed by atoms with Crippen LogP contribution in [0.15, 0.2) is 82.3 Å². The number of rotatable bonds is 5. The van der Waals surface area contributed by atoms with Crippen LogP contribution in [-0.4, -0.2) is 27.1 Å². The van der Waals surface area contributed by atoms with Crippen LogP contribution in [0.2, 0.25) is 5.02 Å². The maximum Gasteiger partial charge on any atom is 0.238 e. The number of aliphatic imine (C=N–C) groups is 1. The van der Waals surface area contributed by atoms with Crippen molar-refractivity contribution in [1.82, 2.24) is 4.90 Å². The van der Waals surface area contributed by atoms with Crippen LogP contribution in [0, 0.1) is 5.82 Å². The van der Waals surface area contributed by atoms with Crippen molar-refractivity contribution in [2.75, 3.05) is 5.32 Å². The Kier molecular flexibility index (Phi) is 7.47. The molecule has 0 aliphatic carbocycles. The van der Waals surface area contributed by atoms with Crippen molar-refractivity contribution in [1.29, 1.82) is 0 Å². The Morgan fingerprint density at radius 2 is 1.88 bits per heavy atom. The number of hydrogen-bond acceptors (Lipinski definition) is 4. The largest absolute Gasteiger partial charge is 0.325 e. The van der Waals surface area contributed by atoms with Crippen molar-refractivity contribution in [2.45, 2.75) is 18.2 Å². The van der Waals surface area contributed by atoms with Gasteiger partial charge in [0.1, 0.15) is 11.1 Å². The molecule has 0 radical (unpaired) electrons. The van der Waals surface area contributed by atoms with E-state index in [-0.39, 0.29) is 30.6 Å². The lowest BCUT2D eigenvalue weighted by Crippen LogP contribution is -2.44. The lowest BCUT2D eigenvalue weighted by atomic mass is 10.2. The average molecular weight is 547 g/mol. The number of nitrogens with one attached hydrogen (secondary N) is 1. The molecule has 5 nitrogen and oxygen atoms in total. The topological polar surface area (TPSA) is 61.8 Å². The highest BCUT2D eigenvalue weighted by Crippen LogP contribution is 2.31. The van der Waals surface area contributed by atoms with Gasteiger partial charge in [-0.25, -0.2) is 9.38 Å². The summed E-state index contributed by atoms with van der Waals surface area (Å²) in [7, 11) is 0. The molecule has 1 saturated heterocycles. The number of thioether (sulfide) groups is 1. The molecule has 1 unspecified atom stereocenters. The summed E-state index contributed by atoms with van der Waals surface area (Å²) in [5.74, 6) is -0.890. The van der Waals surface area contributed by atoms with Gasteiger partial charge in [-0.3, -0.25) is 14.5 Å². The molecule has 1 N–H and O–H groups in total. The summed E-state index contributed by atoms with van der Waals surface area (Å²) in [5, 5.41) is 3.18. The molecule has 2 amide bonds. The molecular weight excluding hydrogens is 529 g/mol. The molecule has 1 atom stereocenters. The van der Waals surface area contributed by atoms with Gasteiger partial charge in [-0.1, -0.05) is 57.5 Å². The Bertz CT molecular complexity index is 1210. The third-order valence-electron chi connectivity index (χ3n) is 4.83. The number of anilines is 1. The minimum atomic E-state index is -0.655. The summed E-state index contributed by atoms with van der Waals surface area (Å²) in [4.78, 5) is 32.1. The minimum Gasteiger partial charge on any atom is -0.325 e. The summed E-state index contributed by atoms with van der Waals surface area (Å²) in [6.07, 6.45) is 0.0283. The Morgan fingerprint density at radius 1 is 1.15 bits per heavy atom. The van der Waals surface area contributed by atoms with Gasteiger partial charge >= 0.3 is 0 Å². The van der Waals surface area contributed by atoms with Gasteiger partial charge in [0.05, 0.1) is 12.2 Å². The van der Waals surface area contributed by atoms with E-state index in [1.165, 1.54) is 36.0 Å². The van der Waals surface area contributed by atoms with Crippen LogP contribution in [0.3, 0.4) is 0 Å². The molecule has 1 fully saturated rings. The zero-order valence-electron chi connectivity index (χ0n) is 17.2. The van der Waals surface area contributed by atoms with Crippen molar-refractivity contribution in [3.8, 4) is 0 Å². The highest BCUT2D eigenvalue weighted by atomic mass is 79.9. The molecule has 3 aromatic carbocycles. The third-order valence-corrected chi connectivity index (χ3v) is 6.76. The second-order valence-corrected chi connectivity index (χ2v) is 9.81. The fourth-order valence-electron chi connectivity index (χ4n) is 3.18. The molecule has 4 rings (SSSR count). The number of hydrogen-bond donors (Lipinski definition) is 1.